The van der Waals surface area contributed by atoms with Gasteiger partial charge in [-0.1, -0.05) is 36.4 Å². The van der Waals surface area contributed by atoms with E-state index >= 15 is 0 Å². The van der Waals surface area contributed by atoms with E-state index in [0.717, 1.165) is 16.2 Å². The summed E-state index contributed by atoms with van der Waals surface area (Å²) < 4.78 is 45.1. The van der Waals surface area contributed by atoms with Crippen LogP contribution in [0.2, 0.25) is 0 Å². The first kappa shape index (κ1) is 29.8. The molecule has 0 spiro atoms. The Morgan fingerprint density at radius 2 is 1.88 bits per heavy atom. The Bertz CT molecular complexity index is 1210. The Morgan fingerprint density at radius 3 is 2.50 bits per heavy atom. The summed E-state index contributed by atoms with van der Waals surface area (Å²) in [6.45, 7) is 8.38. The normalized spacial score (nSPS) is 20.1. The van der Waals surface area contributed by atoms with Crippen LogP contribution in [-0.4, -0.2) is 90.8 Å². The number of ether oxygens (including phenoxy) is 1. The number of rotatable bonds is 8. The smallest absolute Gasteiger partial charge is 0.432 e. The zero-order valence-electron chi connectivity index (χ0n) is 22.9. The van der Waals surface area contributed by atoms with Gasteiger partial charge in [0.05, 0.1) is 18.8 Å². The zero-order chi connectivity index (χ0) is 29.1. The Morgan fingerprint density at radius 1 is 1.20 bits per heavy atom. The van der Waals surface area contributed by atoms with Crippen LogP contribution >= 0.6 is 0 Å². The summed E-state index contributed by atoms with van der Waals surface area (Å²) in [5.74, 6) is 0.0420. The second kappa shape index (κ2) is 12.1. The first-order chi connectivity index (χ1) is 18.9. The molecule has 2 aromatic carbocycles. The van der Waals surface area contributed by atoms with E-state index < -0.39 is 11.9 Å². The van der Waals surface area contributed by atoms with E-state index in [4.69, 9.17) is 10.5 Å². The van der Waals surface area contributed by atoms with Gasteiger partial charge < -0.3 is 25.2 Å². The fourth-order valence-electron chi connectivity index (χ4n) is 5.21. The quantitative estimate of drug-likeness (QED) is 0.0950. The van der Waals surface area contributed by atoms with Gasteiger partial charge in [-0.2, -0.15) is 13.2 Å². The predicted octanol–water partition coefficient (Wildman–Crippen LogP) is 4.10. The largest absolute Gasteiger partial charge is 0.632 e. The van der Waals surface area contributed by atoms with Crippen LogP contribution in [-0.2, 0) is 11.3 Å². The molecular formula is C28H37F3N6O3. The highest BCUT2D eigenvalue weighted by atomic mass is 19.4. The van der Waals surface area contributed by atoms with Crippen molar-refractivity contribution in [2.24, 2.45) is 4.99 Å². The Kier molecular flexibility index (Phi) is 9.06. The maximum Gasteiger partial charge on any atom is 0.432 e. The van der Waals surface area contributed by atoms with Crippen LogP contribution < -0.4 is 10.8 Å². The molecule has 0 radical (unpaired) electrons. The molecule has 0 amide bonds. The van der Waals surface area contributed by atoms with Crippen molar-refractivity contribution in [3.8, 4) is 0 Å². The highest BCUT2D eigenvalue weighted by Crippen LogP contribution is 2.30. The lowest BCUT2D eigenvalue weighted by Crippen LogP contribution is -2.58. The number of aryl methyl sites for hydroxylation is 1. The van der Waals surface area contributed by atoms with Gasteiger partial charge in [0.15, 0.2) is 0 Å². The minimum absolute atomic E-state index is 0.0420. The number of nitrogens with zero attached hydrogens (tertiary/aromatic N) is 5. The van der Waals surface area contributed by atoms with Crippen LogP contribution in [0.3, 0.4) is 0 Å². The van der Waals surface area contributed by atoms with Gasteiger partial charge in [-0.15, -0.1) is 0 Å². The van der Waals surface area contributed by atoms with Crippen molar-refractivity contribution >= 4 is 17.2 Å². The molecule has 218 valence electrons. The number of aliphatic imine (C=N–C) groups is 1. The second-order valence-corrected chi connectivity index (χ2v) is 10.5. The lowest BCUT2D eigenvalue weighted by Gasteiger charge is -2.49. The number of amidine groups is 1. The molecule has 4 rings (SSSR count). The van der Waals surface area contributed by atoms with Gasteiger partial charge in [0, 0.05) is 56.1 Å². The predicted molar refractivity (Wildman–Crippen MR) is 149 cm³/mol. The molecular weight excluding hydrogens is 525 g/mol. The van der Waals surface area contributed by atoms with Crippen molar-refractivity contribution in [3.05, 3.63) is 76.6 Å². The van der Waals surface area contributed by atoms with Crippen molar-refractivity contribution < 1.29 is 27.8 Å². The van der Waals surface area contributed by atoms with E-state index in [1.165, 1.54) is 19.2 Å². The monoisotopic (exact) mass is 562 g/mol. The van der Waals surface area contributed by atoms with Gasteiger partial charge in [0.1, 0.15) is 24.8 Å². The molecule has 3 N–H and O–H groups in total. The minimum atomic E-state index is -4.71. The molecule has 0 aliphatic carbocycles. The van der Waals surface area contributed by atoms with Crippen molar-refractivity contribution in [2.75, 3.05) is 63.9 Å². The molecule has 12 heteroatoms. The highest BCUT2D eigenvalue weighted by molar-refractivity contribution is 6.04. The molecule has 2 heterocycles. The summed E-state index contributed by atoms with van der Waals surface area (Å²) in [5.41, 5.74) is 7.89. The Hall–Kier alpha value is -3.16. The molecule has 2 aliphatic rings. The summed E-state index contributed by atoms with van der Waals surface area (Å²) >= 11 is 0. The van der Waals surface area contributed by atoms with Gasteiger partial charge in [-0.05, 0) is 31.5 Å². The summed E-state index contributed by atoms with van der Waals surface area (Å²) in [6, 6.07) is 12.6. The molecule has 2 aromatic rings. The molecule has 0 unspecified atom stereocenters. The second-order valence-electron chi connectivity index (χ2n) is 10.5. The van der Waals surface area contributed by atoms with Gasteiger partial charge in [0.25, 0.3) is 0 Å². The number of nitrogens with two attached hydrogens (primary N) is 1. The average Bonchev–Trinajstić information content (AvgIpc) is 3.39. The Balaban J connectivity index is 1.50. The summed E-state index contributed by atoms with van der Waals surface area (Å²) in [5, 5.41) is 24.5. The van der Waals surface area contributed by atoms with Crippen LogP contribution in [0.15, 0.2) is 59.7 Å². The van der Waals surface area contributed by atoms with E-state index in [1.54, 1.807) is 11.0 Å². The number of alkyl halides is 3. The van der Waals surface area contributed by atoms with Crippen molar-refractivity contribution in [3.63, 3.8) is 0 Å². The third kappa shape index (κ3) is 7.12. The molecule has 2 aliphatic heterocycles. The summed E-state index contributed by atoms with van der Waals surface area (Å²) in [7, 11) is 1.41. The number of hydroxylamine groups is 4. The van der Waals surface area contributed by atoms with E-state index in [-0.39, 0.29) is 34.5 Å². The van der Waals surface area contributed by atoms with Gasteiger partial charge in [-0.3, -0.25) is 10.1 Å². The maximum absolute atomic E-state index is 13.5. The van der Waals surface area contributed by atoms with Gasteiger partial charge >= 0.3 is 6.18 Å². The van der Waals surface area contributed by atoms with Crippen LogP contribution in [0.5, 0.6) is 0 Å². The zero-order valence-corrected chi connectivity index (χ0v) is 22.9. The molecule has 9 nitrogen and oxygen atoms in total. The van der Waals surface area contributed by atoms with E-state index in [2.05, 4.69) is 16.5 Å². The van der Waals surface area contributed by atoms with Crippen molar-refractivity contribution in [2.45, 2.75) is 32.1 Å². The lowest BCUT2D eigenvalue weighted by molar-refractivity contribution is -0.898. The van der Waals surface area contributed by atoms with Crippen molar-refractivity contribution in [1.82, 2.24) is 9.80 Å². The van der Waals surface area contributed by atoms with E-state index in [0.29, 0.717) is 57.9 Å². The third-order valence-electron chi connectivity index (χ3n) is 7.56. The number of anilines is 2. The number of quaternary nitrogens is 1. The fourth-order valence-corrected chi connectivity index (χ4v) is 5.21. The Labute approximate surface area is 232 Å². The number of likely N-dealkylation sites (tertiary alicyclic amines) is 1. The van der Waals surface area contributed by atoms with Crippen LogP contribution in [0.4, 0.5) is 24.5 Å². The van der Waals surface area contributed by atoms with Crippen LogP contribution in [0.25, 0.3) is 0 Å². The molecule has 0 saturated carbocycles. The van der Waals surface area contributed by atoms with Crippen LogP contribution in [0, 0.1) is 12.1 Å². The number of methoxy groups -OCH3 is 1. The standard InChI is InChI=1S/C28H37F3N6O3/c1-20-4-6-22(7-5-20)18-37(39)14-12-34(13-15-37)24-10-11-35(17-24)27(33-21(2)28(29,30)31)25-16-23(8-9-26(25)32)36(38)19-40-3/h4-9,16,24,38H,2,10-15,17-19,32H2,1,3H3/t24-/m1/s1. The number of benzene rings is 2. The first-order valence-corrected chi connectivity index (χ1v) is 13.2. The van der Waals surface area contributed by atoms with Gasteiger partial charge in [0.2, 0.25) is 0 Å². The third-order valence-corrected chi connectivity index (χ3v) is 7.56. The van der Waals surface area contributed by atoms with Crippen LogP contribution in [0.1, 0.15) is 23.1 Å². The molecule has 1 atom stereocenters. The molecule has 2 fully saturated rings. The number of hydrogen-bond donors (Lipinski definition) is 2. The highest BCUT2D eigenvalue weighted by Gasteiger charge is 2.37. The maximum atomic E-state index is 13.5. The number of allylic oxidation sites excluding steroid dienone is 1. The van der Waals surface area contributed by atoms with E-state index in [9.17, 15) is 23.6 Å². The average molecular weight is 563 g/mol. The van der Waals surface area contributed by atoms with E-state index in [1.807, 2.05) is 31.2 Å². The fraction of sp³-hybridized carbons (Fsp3) is 0.464. The van der Waals surface area contributed by atoms with Gasteiger partial charge in [-0.25, -0.2) is 10.1 Å². The topological polar surface area (TPSA) is 101 Å². The number of nitrogen functional groups attached to an aromatic ring is 1. The lowest BCUT2D eigenvalue weighted by atomic mass is 10.1. The molecule has 0 aromatic heterocycles. The summed E-state index contributed by atoms with van der Waals surface area (Å²) in [6.07, 6.45) is -4.01. The number of halogens is 3. The number of hydrogen-bond acceptors (Lipinski definition) is 7. The molecule has 40 heavy (non-hydrogen) atoms. The molecule has 0 bridgehead atoms. The van der Waals surface area contributed by atoms with Crippen molar-refractivity contribution in [1.29, 1.82) is 0 Å². The SMILES string of the molecule is C=C(N=C(c1cc(N(O)COC)ccc1N)N1CC[C@@H](N2CC[N+]([O-])(Cc3ccc(C)cc3)CC2)C1)C(F)(F)F. The molecule has 2 saturated heterocycles. The summed E-state index contributed by atoms with van der Waals surface area (Å²) in [4.78, 5) is 7.92. The number of piperazine rings is 1. The first-order valence-electron chi connectivity index (χ1n) is 13.2. The minimum Gasteiger partial charge on any atom is -0.632 e.